The van der Waals surface area contributed by atoms with Crippen molar-refractivity contribution < 1.29 is 0 Å². The Bertz CT molecular complexity index is 340. The van der Waals surface area contributed by atoms with Crippen LogP contribution in [0.25, 0.3) is 0 Å². The van der Waals surface area contributed by atoms with Crippen LogP contribution in [-0.2, 0) is 0 Å². The lowest BCUT2D eigenvalue weighted by Gasteiger charge is -2.24. The first-order chi connectivity index (χ1) is 6.45. The van der Waals surface area contributed by atoms with E-state index in [1.165, 1.54) is 0 Å². The zero-order valence-electron chi connectivity index (χ0n) is 8.71. The van der Waals surface area contributed by atoms with Gasteiger partial charge in [0.05, 0.1) is 12.0 Å². The number of hydrogen-bond donors (Lipinski definition) is 0. The lowest BCUT2D eigenvalue weighted by atomic mass is 9.77. The van der Waals surface area contributed by atoms with Crippen LogP contribution in [-0.4, -0.2) is 0 Å². The van der Waals surface area contributed by atoms with E-state index >= 15 is 0 Å². The van der Waals surface area contributed by atoms with Crippen molar-refractivity contribution in [2.24, 2.45) is 5.41 Å². The second kappa shape index (κ2) is 4.14. The Morgan fingerprint density at radius 1 is 1.21 bits per heavy atom. The first-order valence-electron chi connectivity index (χ1n) is 4.60. The van der Waals surface area contributed by atoms with E-state index in [0.29, 0.717) is 0 Å². The fourth-order valence-corrected chi connectivity index (χ4v) is 1.69. The summed E-state index contributed by atoms with van der Waals surface area (Å²) in [5.74, 6) is -0.0457. The van der Waals surface area contributed by atoms with Crippen LogP contribution < -0.4 is 0 Å². The second-order valence-corrected chi connectivity index (χ2v) is 5.40. The van der Waals surface area contributed by atoms with E-state index in [4.69, 9.17) is 5.26 Å². The van der Waals surface area contributed by atoms with Crippen molar-refractivity contribution in [1.82, 2.24) is 0 Å². The summed E-state index contributed by atoms with van der Waals surface area (Å²) in [6, 6.07) is 10.3. The van der Waals surface area contributed by atoms with Crippen LogP contribution in [0.2, 0.25) is 0 Å². The van der Waals surface area contributed by atoms with Crippen LogP contribution in [0.1, 0.15) is 32.3 Å². The molecule has 1 aromatic rings. The fourth-order valence-electron chi connectivity index (χ4n) is 1.42. The minimum absolute atomic E-state index is 0.0113. The average Bonchev–Trinajstić information content (AvgIpc) is 2.07. The minimum Gasteiger partial charge on any atom is -0.198 e. The van der Waals surface area contributed by atoms with Crippen LogP contribution in [0.5, 0.6) is 0 Å². The van der Waals surface area contributed by atoms with Crippen LogP contribution in [0.15, 0.2) is 28.7 Å². The SMILES string of the molecule is CC(C)(C)C(C#N)c1ccc(Br)cc1. The van der Waals surface area contributed by atoms with Crippen molar-refractivity contribution in [3.8, 4) is 6.07 Å². The first kappa shape index (κ1) is 11.3. The van der Waals surface area contributed by atoms with E-state index in [0.717, 1.165) is 10.0 Å². The number of benzene rings is 1. The largest absolute Gasteiger partial charge is 0.198 e. The van der Waals surface area contributed by atoms with E-state index in [1.54, 1.807) is 0 Å². The molecule has 14 heavy (non-hydrogen) atoms. The second-order valence-electron chi connectivity index (χ2n) is 4.48. The Morgan fingerprint density at radius 2 is 1.71 bits per heavy atom. The lowest BCUT2D eigenvalue weighted by Crippen LogP contribution is -2.16. The third-order valence-corrected chi connectivity index (χ3v) is 2.73. The summed E-state index contributed by atoms with van der Waals surface area (Å²) in [5, 5.41) is 9.12. The van der Waals surface area contributed by atoms with Crippen molar-refractivity contribution in [1.29, 1.82) is 5.26 Å². The highest BCUT2D eigenvalue weighted by Gasteiger charge is 2.25. The molecule has 1 nitrogen and oxygen atoms in total. The number of nitrogens with zero attached hydrogens (tertiary/aromatic N) is 1. The molecule has 0 saturated heterocycles. The summed E-state index contributed by atoms with van der Waals surface area (Å²) < 4.78 is 1.05. The number of nitriles is 1. The zero-order chi connectivity index (χ0) is 10.8. The Hall–Kier alpha value is -0.810. The molecule has 0 spiro atoms. The molecule has 1 atom stereocenters. The maximum absolute atomic E-state index is 9.12. The van der Waals surface area contributed by atoms with Gasteiger partial charge in [-0.05, 0) is 23.1 Å². The Balaban J connectivity index is 3.04. The normalized spacial score (nSPS) is 13.4. The maximum atomic E-state index is 9.12. The third kappa shape index (κ3) is 2.59. The van der Waals surface area contributed by atoms with Crippen molar-refractivity contribution in [2.45, 2.75) is 26.7 Å². The summed E-state index contributed by atoms with van der Waals surface area (Å²) in [5.41, 5.74) is 1.07. The maximum Gasteiger partial charge on any atom is 0.0761 e. The fraction of sp³-hybridized carbons (Fsp3) is 0.417. The van der Waals surface area contributed by atoms with Crippen LogP contribution in [0.4, 0.5) is 0 Å². The van der Waals surface area contributed by atoms with Gasteiger partial charge in [-0.2, -0.15) is 5.26 Å². The molecule has 0 aromatic heterocycles. The highest BCUT2D eigenvalue weighted by molar-refractivity contribution is 9.10. The first-order valence-corrected chi connectivity index (χ1v) is 5.39. The summed E-state index contributed by atoms with van der Waals surface area (Å²) in [4.78, 5) is 0. The third-order valence-electron chi connectivity index (χ3n) is 2.20. The van der Waals surface area contributed by atoms with Gasteiger partial charge in [-0.25, -0.2) is 0 Å². The Morgan fingerprint density at radius 3 is 2.07 bits per heavy atom. The predicted molar refractivity (Wildman–Crippen MR) is 62.0 cm³/mol. The standard InChI is InChI=1S/C12H14BrN/c1-12(2,3)11(8-14)9-4-6-10(13)7-5-9/h4-7,11H,1-3H3. The quantitative estimate of drug-likeness (QED) is 0.738. The van der Waals surface area contributed by atoms with Gasteiger partial charge in [-0.3, -0.25) is 0 Å². The molecule has 0 fully saturated rings. The molecule has 2 heteroatoms. The molecule has 74 valence electrons. The van der Waals surface area contributed by atoms with Gasteiger partial charge in [0, 0.05) is 4.47 Å². The average molecular weight is 252 g/mol. The van der Waals surface area contributed by atoms with Crippen LogP contribution in [0, 0.1) is 16.7 Å². The van der Waals surface area contributed by atoms with Gasteiger partial charge in [0.1, 0.15) is 0 Å². The summed E-state index contributed by atoms with van der Waals surface area (Å²) in [7, 11) is 0. The highest BCUT2D eigenvalue weighted by Crippen LogP contribution is 2.34. The molecule has 0 aliphatic heterocycles. The monoisotopic (exact) mass is 251 g/mol. The molecule has 0 amide bonds. The summed E-state index contributed by atoms with van der Waals surface area (Å²) in [6.45, 7) is 6.26. The minimum atomic E-state index is -0.0457. The molecule has 0 heterocycles. The van der Waals surface area contributed by atoms with Gasteiger partial charge in [-0.15, -0.1) is 0 Å². The van der Waals surface area contributed by atoms with Crippen LogP contribution in [0.3, 0.4) is 0 Å². The van der Waals surface area contributed by atoms with Gasteiger partial charge in [0.2, 0.25) is 0 Å². The smallest absolute Gasteiger partial charge is 0.0761 e. The number of hydrogen-bond acceptors (Lipinski definition) is 1. The van der Waals surface area contributed by atoms with Crippen molar-refractivity contribution in [2.75, 3.05) is 0 Å². The number of rotatable bonds is 1. The van der Waals surface area contributed by atoms with Gasteiger partial charge < -0.3 is 0 Å². The molecule has 0 N–H and O–H groups in total. The Labute approximate surface area is 93.9 Å². The van der Waals surface area contributed by atoms with Gasteiger partial charge in [0.25, 0.3) is 0 Å². The zero-order valence-corrected chi connectivity index (χ0v) is 10.3. The van der Waals surface area contributed by atoms with E-state index in [-0.39, 0.29) is 11.3 Å². The molecular weight excluding hydrogens is 238 g/mol. The molecule has 0 radical (unpaired) electrons. The van der Waals surface area contributed by atoms with E-state index in [9.17, 15) is 0 Å². The van der Waals surface area contributed by atoms with Crippen molar-refractivity contribution in [3.63, 3.8) is 0 Å². The molecule has 1 unspecified atom stereocenters. The number of halogens is 1. The molecule has 1 rings (SSSR count). The van der Waals surface area contributed by atoms with E-state index in [1.807, 2.05) is 24.3 Å². The summed E-state index contributed by atoms with van der Waals surface area (Å²) in [6.07, 6.45) is 0. The molecule has 0 aliphatic carbocycles. The topological polar surface area (TPSA) is 23.8 Å². The van der Waals surface area contributed by atoms with Crippen molar-refractivity contribution >= 4 is 15.9 Å². The summed E-state index contributed by atoms with van der Waals surface area (Å²) >= 11 is 3.38. The van der Waals surface area contributed by atoms with E-state index in [2.05, 4.69) is 42.8 Å². The van der Waals surface area contributed by atoms with Crippen LogP contribution >= 0.6 is 15.9 Å². The highest BCUT2D eigenvalue weighted by atomic mass is 79.9. The molecule has 0 aliphatic rings. The molecule has 1 aromatic carbocycles. The molecule has 0 bridgehead atoms. The predicted octanol–water partition coefficient (Wildman–Crippen LogP) is 4.10. The molecular formula is C12H14BrN. The van der Waals surface area contributed by atoms with E-state index < -0.39 is 0 Å². The van der Waals surface area contributed by atoms with Gasteiger partial charge in [-0.1, -0.05) is 48.8 Å². The van der Waals surface area contributed by atoms with Gasteiger partial charge >= 0.3 is 0 Å². The molecule has 0 saturated carbocycles. The lowest BCUT2D eigenvalue weighted by molar-refractivity contribution is 0.373. The van der Waals surface area contributed by atoms with Crippen molar-refractivity contribution in [3.05, 3.63) is 34.3 Å². The van der Waals surface area contributed by atoms with Gasteiger partial charge in [0.15, 0.2) is 0 Å². The Kier molecular flexibility index (Phi) is 3.34.